The highest BCUT2D eigenvalue weighted by atomic mass is 32.1. The monoisotopic (exact) mass is 489 g/mol. The fraction of sp³-hybridized carbons (Fsp3) is 0.231. The zero-order valence-corrected chi connectivity index (χ0v) is 20.6. The highest BCUT2D eigenvalue weighted by Crippen LogP contribution is 2.32. The predicted molar refractivity (Wildman–Crippen MR) is 139 cm³/mol. The van der Waals surface area contributed by atoms with Gasteiger partial charge in [0, 0.05) is 29.4 Å². The molecule has 0 aliphatic heterocycles. The molecule has 0 spiro atoms. The summed E-state index contributed by atoms with van der Waals surface area (Å²) in [5.74, 6) is 1.49. The Bertz CT molecular complexity index is 1330. The lowest BCUT2D eigenvalue weighted by molar-refractivity contribution is -0.123. The molecule has 0 radical (unpaired) electrons. The summed E-state index contributed by atoms with van der Waals surface area (Å²) >= 11 is 1.55. The van der Waals surface area contributed by atoms with Crippen molar-refractivity contribution in [3.63, 3.8) is 0 Å². The Morgan fingerprint density at radius 2 is 1.86 bits per heavy atom. The third-order valence-corrected chi connectivity index (χ3v) is 5.87. The number of nitrogens with zero attached hydrogens (tertiary/aromatic N) is 2. The van der Waals surface area contributed by atoms with E-state index in [4.69, 9.17) is 14.7 Å². The van der Waals surface area contributed by atoms with Crippen molar-refractivity contribution in [2.75, 3.05) is 18.5 Å². The zero-order valence-electron chi connectivity index (χ0n) is 19.8. The van der Waals surface area contributed by atoms with Gasteiger partial charge in [-0.05, 0) is 68.6 Å². The number of anilines is 2. The number of hydrogen-bond donors (Lipinski definition) is 3. The van der Waals surface area contributed by atoms with E-state index in [2.05, 4.69) is 16.0 Å². The third-order valence-electron chi connectivity index (χ3n) is 4.96. The number of carbonyl (C=O) groups is 2. The Morgan fingerprint density at radius 1 is 1.06 bits per heavy atom. The molecule has 2 heterocycles. The minimum Gasteiger partial charge on any atom is -0.484 e. The van der Waals surface area contributed by atoms with Crippen LogP contribution in [-0.4, -0.2) is 41.0 Å². The van der Waals surface area contributed by atoms with Crippen LogP contribution in [0.15, 0.2) is 60.0 Å². The van der Waals surface area contributed by atoms with Crippen molar-refractivity contribution in [2.24, 2.45) is 0 Å². The number of aromatic nitrogens is 2. The van der Waals surface area contributed by atoms with Gasteiger partial charge >= 0.3 is 0 Å². The summed E-state index contributed by atoms with van der Waals surface area (Å²) in [6.07, 6.45) is 0. The Hall–Kier alpha value is -3.98. The number of nitrogens with one attached hydrogen (secondary N) is 3. The number of rotatable bonds is 9. The van der Waals surface area contributed by atoms with Gasteiger partial charge < -0.3 is 20.7 Å². The number of fused-ring (bicyclic) bond motifs is 1. The van der Waals surface area contributed by atoms with E-state index in [1.54, 1.807) is 29.5 Å². The minimum atomic E-state index is -0.175. The maximum Gasteiger partial charge on any atom is 0.258 e. The molecule has 3 N–H and O–H groups in total. The summed E-state index contributed by atoms with van der Waals surface area (Å²) in [4.78, 5) is 33.4. The summed E-state index contributed by atoms with van der Waals surface area (Å²) < 4.78 is 6.59. The van der Waals surface area contributed by atoms with Gasteiger partial charge in [-0.1, -0.05) is 12.1 Å². The van der Waals surface area contributed by atoms with Gasteiger partial charge in [0.15, 0.2) is 18.2 Å². The molecule has 0 bridgehead atoms. The van der Waals surface area contributed by atoms with Gasteiger partial charge in [-0.3, -0.25) is 9.59 Å². The Kier molecular flexibility index (Phi) is 7.57. The highest BCUT2D eigenvalue weighted by molar-refractivity contribution is 7.17. The SMILES string of the molecule is CCNC(=O)c1ccc(Nc2nc(-c3cccc(OCC(=O)NC(C)C)c3)nc3ccsc23)cc1. The zero-order chi connectivity index (χ0) is 24.8. The van der Waals surface area contributed by atoms with Crippen LogP contribution in [0.3, 0.4) is 0 Å². The Labute approximate surface area is 207 Å². The average molecular weight is 490 g/mol. The van der Waals surface area contributed by atoms with Crippen LogP contribution in [0, 0.1) is 0 Å². The number of amides is 2. The molecule has 2 amide bonds. The van der Waals surface area contributed by atoms with E-state index < -0.39 is 0 Å². The first kappa shape index (κ1) is 24.2. The number of benzene rings is 2. The third kappa shape index (κ3) is 6.13. The molecule has 8 nitrogen and oxygen atoms in total. The number of ether oxygens (including phenoxy) is 1. The fourth-order valence-corrected chi connectivity index (χ4v) is 4.19. The molecule has 0 saturated carbocycles. The van der Waals surface area contributed by atoms with E-state index in [0.29, 0.717) is 29.5 Å². The first-order valence-corrected chi connectivity index (χ1v) is 12.2. The van der Waals surface area contributed by atoms with Crippen LogP contribution in [0.4, 0.5) is 11.5 Å². The fourth-order valence-electron chi connectivity index (χ4n) is 3.42. The number of hydrogen-bond acceptors (Lipinski definition) is 7. The summed E-state index contributed by atoms with van der Waals surface area (Å²) in [5, 5.41) is 10.9. The summed E-state index contributed by atoms with van der Waals surface area (Å²) in [5.41, 5.74) is 3.00. The molecule has 180 valence electrons. The van der Waals surface area contributed by atoms with Crippen molar-refractivity contribution >= 4 is 44.9 Å². The molecular weight excluding hydrogens is 462 g/mol. The van der Waals surface area contributed by atoms with Crippen LogP contribution in [-0.2, 0) is 4.79 Å². The summed E-state index contributed by atoms with van der Waals surface area (Å²) in [6, 6.07) is 16.6. The molecule has 2 aromatic heterocycles. The first-order chi connectivity index (χ1) is 16.9. The molecule has 2 aromatic carbocycles. The average Bonchev–Trinajstić information content (AvgIpc) is 3.32. The second kappa shape index (κ2) is 11.0. The molecule has 0 atom stereocenters. The standard InChI is InChI=1S/C26H27N5O3S/c1-4-27-26(33)17-8-10-19(11-9-17)29-25-23-21(12-13-35-23)30-24(31-25)18-6-5-7-20(14-18)34-15-22(32)28-16(2)3/h5-14,16H,4,15H2,1-3H3,(H,27,33)(H,28,32)(H,29,30,31). The summed E-state index contributed by atoms with van der Waals surface area (Å²) in [6.45, 7) is 6.21. The van der Waals surface area contributed by atoms with Crippen LogP contribution in [0.1, 0.15) is 31.1 Å². The Morgan fingerprint density at radius 3 is 2.60 bits per heavy atom. The molecule has 35 heavy (non-hydrogen) atoms. The van der Waals surface area contributed by atoms with E-state index >= 15 is 0 Å². The second-order valence-corrected chi connectivity index (χ2v) is 9.05. The second-order valence-electron chi connectivity index (χ2n) is 8.13. The smallest absolute Gasteiger partial charge is 0.258 e. The van der Waals surface area contributed by atoms with Gasteiger partial charge in [0.2, 0.25) is 0 Å². The Balaban J connectivity index is 1.57. The molecular formula is C26H27N5O3S. The van der Waals surface area contributed by atoms with Crippen LogP contribution in [0.5, 0.6) is 5.75 Å². The maximum absolute atomic E-state index is 12.0. The summed E-state index contributed by atoms with van der Waals surface area (Å²) in [7, 11) is 0. The van der Waals surface area contributed by atoms with Gasteiger partial charge in [-0.25, -0.2) is 9.97 Å². The lowest BCUT2D eigenvalue weighted by Gasteiger charge is -2.12. The van der Waals surface area contributed by atoms with Crippen molar-refractivity contribution in [1.82, 2.24) is 20.6 Å². The predicted octanol–water partition coefficient (Wildman–Crippen LogP) is 4.76. The van der Waals surface area contributed by atoms with Crippen molar-refractivity contribution in [3.8, 4) is 17.1 Å². The molecule has 0 saturated heterocycles. The minimum absolute atomic E-state index is 0.0544. The quantitative estimate of drug-likeness (QED) is 0.313. The molecule has 4 aromatic rings. The van der Waals surface area contributed by atoms with Crippen molar-refractivity contribution in [1.29, 1.82) is 0 Å². The van der Waals surface area contributed by atoms with Crippen LogP contribution in [0.25, 0.3) is 21.6 Å². The van der Waals surface area contributed by atoms with Crippen molar-refractivity contribution in [3.05, 3.63) is 65.5 Å². The molecule has 0 aliphatic rings. The van der Waals surface area contributed by atoms with Gasteiger partial charge in [0.25, 0.3) is 11.8 Å². The largest absolute Gasteiger partial charge is 0.484 e. The first-order valence-electron chi connectivity index (χ1n) is 11.4. The van der Waals surface area contributed by atoms with E-state index in [0.717, 1.165) is 21.5 Å². The lowest BCUT2D eigenvalue weighted by atomic mass is 10.2. The van der Waals surface area contributed by atoms with Gasteiger partial charge in [0.1, 0.15) is 5.75 Å². The van der Waals surface area contributed by atoms with Crippen LogP contribution >= 0.6 is 11.3 Å². The van der Waals surface area contributed by atoms with E-state index in [-0.39, 0.29) is 24.5 Å². The lowest BCUT2D eigenvalue weighted by Crippen LogP contribution is -2.34. The van der Waals surface area contributed by atoms with Gasteiger partial charge in [-0.15, -0.1) is 11.3 Å². The highest BCUT2D eigenvalue weighted by Gasteiger charge is 2.13. The topological polar surface area (TPSA) is 105 Å². The molecule has 9 heteroatoms. The van der Waals surface area contributed by atoms with Gasteiger partial charge in [-0.2, -0.15) is 0 Å². The molecule has 4 rings (SSSR count). The van der Waals surface area contributed by atoms with Crippen LogP contribution in [0.2, 0.25) is 0 Å². The van der Waals surface area contributed by atoms with Gasteiger partial charge in [0.05, 0.1) is 10.2 Å². The van der Waals surface area contributed by atoms with Crippen molar-refractivity contribution in [2.45, 2.75) is 26.8 Å². The number of thiophene rings is 1. The van der Waals surface area contributed by atoms with E-state index in [9.17, 15) is 9.59 Å². The maximum atomic E-state index is 12.0. The molecule has 0 unspecified atom stereocenters. The molecule has 0 fully saturated rings. The number of carbonyl (C=O) groups excluding carboxylic acids is 2. The van der Waals surface area contributed by atoms with Crippen LogP contribution < -0.4 is 20.7 Å². The van der Waals surface area contributed by atoms with E-state index in [1.165, 1.54) is 0 Å². The molecule has 0 aliphatic carbocycles. The van der Waals surface area contributed by atoms with Crippen molar-refractivity contribution < 1.29 is 14.3 Å². The normalized spacial score (nSPS) is 10.9. The van der Waals surface area contributed by atoms with E-state index in [1.807, 2.05) is 62.5 Å².